The molecule has 0 saturated carbocycles. The number of thiophene rings is 1. The van der Waals surface area contributed by atoms with Crippen LogP contribution in [0.15, 0.2) is 64.8 Å². The molecule has 28 heavy (non-hydrogen) atoms. The number of aromatic nitrogens is 2. The van der Waals surface area contributed by atoms with E-state index in [1.807, 2.05) is 42.8 Å². The third-order valence-electron chi connectivity index (χ3n) is 4.88. The Balaban J connectivity index is 1.55. The second-order valence-electron chi connectivity index (χ2n) is 7.05. The van der Waals surface area contributed by atoms with Crippen molar-refractivity contribution in [1.29, 1.82) is 0 Å². The summed E-state index contributed by atoms with van der Waals surface area (Å²) in [6.07, 6.45) is 1.05. The predicted molar refractivity (Wildman–Crippen MR) is 117 cm³/mol. The second-order valence-corrected chi connectivity index (χ2v) is 7.91. The van der Waals surface area contributed by atoms with Crippen LogP contribution in [0.5, 0.6) is 0 Å². The molecule has 142 valence electrons. The van der Waals surface area contributed by atoms with Gasteiger partial charge in [-0.15, -0.1) is 11.3 Å². The number of nitrogens with one attached hydrogen (secondary N) is 1. The summed E-state index contributed by atoms with van der Waals surface area (Å²) >= 11 is 1.52. The van der Waals surface area contributed by atoms with Crippen molar-refractivity contribution in [1.82, 2.24) is 14.9 Å². The molecule has 0 aliphatic carbocycles. The highest BCUT2D eigenvalue weighted by atomic mass is 32.1. The summed E-state index contributed by atoms with van der Waals surface area (Å²) in [4.78, 5) is 23.4. The molecule has 0 amide bonds. The standard InChI is InChI=1S/C23H23N3OS/c1-3-16-9-11-17(12-10-16)13-26(2)14-20-24-22(27)21-19(15-28-23(21)25-20)18-7-5-4-6-8-18/h4-12,15H,3,13-14H2,1-2H3,(H,24,25,27). The molecule has 0 atom stereocenters. The maximum atomic E-state index is 12.8. The minimum absolute atomic E-state index is 0.0687. The first-order valence-electron chi connectivity index (χ1n) is 9.46. The van der Waals surface area contributed by atoms with Gasteiger partial charge in [0, 0.05) is 17.5 Å². The Morgan fingerprint density at radius 3 is 2.43 bits per heavy atom. The summed E-state index contributed by atoms with van der Waals surface area (Å²) in [5.74, 6) is 0.701. The number of hydrogen-bond donors (Lipinski definition) is 1. The van der Waals surface area contributed by atoms with E-state index in [1.54, 1.807) is 0 Å². The van der Waals surface area contributed by atoms with Gasteiger partial charge in [0.2, 0.25) is 0 Å². The molecule has 2 aromatic carbocycles. The molecule has 0 aliphatic heterocycles. The molecule has 1 N–H and O–H groups in total. The number of rotatable bonds is 6. The molecular weight excluding hydrogens is 366 g/mol. The molecule has 4 aromatic rings. The van der Waals surface area contributed by atoms with Crippen LogP contribution in [0.4, 0.5) is 0 Å². The van der Waals surface area contributed by atoms with Gasteiger partial charge in [-0.3, -0.25) is 9.69 Å². The van der Waals surface area contributed by atoms with Crippen LogP contribution in [-0.4, -0.2) is 21.9 Å². The second kappa shape index (κ2) is 8.09. The van der Waals surface area contributed by atoms with Crippen molar-refractivity contribution in [3.63, 3.8) is 0 Å². The number of benzene rings is 2. The Morgan fingerprint density at radius 1 is 1.00 bits per heavy atom. The SMILES string of the molecule is CCc1ccc(CN(C)Cc2nc3scc(-c4ccccc4)c3c(=O)[nH]2)cc1. The molecule has 2 aromatic heterocycles. The van der Waals surface area contributed by atoms with Crippen molar-refractivity contribution in [3.05, 3.63) is 87.3 Å². The Hall–Kier alpha value is -2.76. The van der Waals surface area contributed by atoms with Crippen LogP contribution in [0, 0.1) is 0 Å². The average molecular weight is 390 g/mol. The van der Waals surface area contributed by atoms with E-state index in [-0.39, 0.29) is 5.56 Å². The largest absolute Gasteiger partial charge is 0.309 e. The molecule has 4 nitrogen and oxygen atoms in total. The van der Waals surface area contributed by atoms with Gasteiger partial charge in [0.1, 0.15) is 10.7 Å². The molecule has 4 rings (SSSR count). The quantitative estimate of drug-likeness (QED) is 0.513. The fourth-order valence-electron chi connectivity index (χ4n) is 3.40. The normalized spacial score (nSPS) is 11.4. The van der Waals surface area contributed by atoms with Gasteiger partial charge in [0.05, 0.1) is 11.9 Å². The lowest BCUT2D eigenvalue weighted by atomic mass is 10.1. The Labute approximate surface area is 168 Å². The van der Waals surface area contributed by atoms with E-state index in [1.165, 1.54) is 22.5 Å². The summed E-state index contributed by atoms with van der Waals surface area (Å²) in [5, 5.41) is 2.70. The Kier molecular flexibility index (Phi) is 5.37. The summed E-state index contributed by atoms with van der Waals surface area (Å²) in [6.45, 7) is 3.57. The van der Waals surface area contributed by atoms with E-state index in [0.29, 0.717) is 17.8 Å². The minimum atomic E-state index is -0.0687. The van der Waals surface area contributed by atoms with Crippen molar-refractivity contribution < 1.29 is 0 Å². The number of hydrogen-bond acceptors (Lipinski definition) is 4. The van der Waals surface area contributed by atoms with E-state index in [4.69, 9.17) is 4.98 Å². The lowest BCUT2D eigenvalue weighted by molar-refractivity contribution is 0.311. The highest BCUT2D eigenvalue weighted by molar-refractivity contribution is 7.17. The summed E-state index contributed by atoms with van der Waals surface area (Å²) in [7, 11) is 2.04. The zero-order valence-corrected chi connectivity index (χ0v) is 16.9. The fraction of sp³-hybridized carbons (Fsp3) is 0.217. The Bertz CT molecular complexity index is 1130. The first kappa shape index (κ1) is 18.6. The van der Waals surface area contributed by atoms with Crippen LogP contribution in [0.25, 0.3) is 21.3 Å². The molecule has 0 spiro atoms. The molecule has 2 heterocycles. The molecule has 0 unspecified atom stereocenters. The molecule has 0 saturated heterocycles. The molecule has 0 radical (unpaired) electrons. The predicted octanol–water partition coefficient (Wildman–Crippen LogP) is 4.85. The van der Waals surface area contributed by atoms with Gasteiger partial charge in [0.25, 0.3) is 5.56 Å². The van der Waals surface area contributed by atoms with Crippen molar-refractivity contribution in [2.75, 3.05) is 7.05 Å². The summed E-state index contributed by atoms with van der Waals surface area (Å²) < 4.78 is 0. The smallest absolute Gasteiger partial charge is 0.260 e. The van der Waals surface area contributed by atoms with Gasteiger partial charge < -0.3 is 4.98 Å². The monoisotopic (exact) mass is 389 g/mol. The van der Waals surface area contributed by atoms with Gasteiger partial charge in [-0.1, -0.05) is 61.5 Å². The van der Waals surface area contributed by atoms with Gasteiger partial charge >= 0.3 is 0 Å². The average Bonchev–Trinajstić information content (AvgIpc) is 3.14. The third kappa shape index (κ3) is 3.91. The van der Waals surface area contributed by atoms with E-state index in [2.05, 4.69) is 41.1 Å². The van der Waals surface area contributed by atoms with Crippen molar-refractivity contribution in [2.45, 2.75) is 26.4 Å². The molecule has 5 heteroatoms. The molecule has 0 fully saturated rings. The summed E-state index contributed by atoms with van der Waals surface area (Å²) in [6, 6.07) is 18.7. The first-order valence-corrected chi connectivity index (χ1v) is 10.3. The van der Waals surface area contributed by atoms with Gasteiger partial charge in [-0.05, 0) is 30.2 Å². The highest BCUT2D eigenvalue weighted by Gasteiger charge is 2.13. The van der Waals surface area contributed by atoms with Crippen LogP contribution >= 0.6 is 11.3 Å². The first-order chi connectivity index (χ1) is 13.6. The highest BCUT2D eigenvalue weighted by Crippen LogP contribution is 2.30. The number of aryl methyl sites for hydroxylation is 1. The number of H-pyrrole nitrogens is 1. The number of nitrogens with zero attached hydrogens (tertiary/aromatic N) is 2. The summed E-state index contributed by atoms with van der Waals surface area (Å²) in [5.41, 5.74) is 4.52. The zero-order chi connectivity index (χ0) is 19.5. The third-order valence-corrected chi connectivity index (χ3v) is 5.75. The zero-order valence-electron chi connectivity index (χ0n) is 16.1. The van der Waals surface area contributed by atoms with Crippen molar-refractivity contribution in [3.8, 4) is 11.1 Å². The van der Waals surface area contributed by atoms with E-state index in [9.17, 15) is 4.79 Å². The maximum absolute atomic E-state index is 12.8. The van der Waals surface area contributed by atoms with Crippen LogP contribution in [0.1, 0.15) is 23.9 Å². The molecular formula is C23H23N3OS. The molecule has 0 bridgehead atoms. The van der Waals surface area contributed by atoms with Crippen LogP contribution < -0.4 is 5.56 Å². The Morgan fingerprint density at radius 2 is 1.71 bits per heavy atom. The number of fused-ring (bicyclic) bond motifs is 1. The van der Waals surface area contributed by atoms with E-state index >= 15 is 0 Å². The topological polar surface area (TPSA) is 49.0 Å². The lowest BCUT2D eigenvalue weighted by Crippen LogP contribution is -2.21. The minimum Gasteiger partial charge on any atom is -0.309 e. The van der Waals surface area contributed by atoms with Gasteiger partial charge in [0.15, 0.2) is 0 Å². The van der Waals surface area contributed by atoms with Crippen molar-refractivity contribution >= 4 is 21.6 Å². The van der Waals surface area contributed by atoms with Gasteiger partial charge in [-0.2, -0.15) is 0 Å². The van der Waals surface area contributed by atoms with Crippen molar-refractivity contribution in [2.24, 2.45) is 0 Å². The maximum Gasteiger partial charge on any atom is 0.260 e. The van der Waals surface area contributed by atoms with E-state index in [0.717, 1.165) is 28.9 Å². The lowest BCUT2D eigenvalue weighted by Gasteiger charge is -2.16. The van der Waals surface area contributed by atoms with Gasteiger partial charge in [-0.25, -0.2) is 4.98 Å². The van der Waals surface area contributed by atoms with Crippen LogP contribution in [0.2, 0.25) is 0 Å². The number of aromatic amines is 1. The van der Waals surface area contributed by atoms with Crippen LogP contribution in [-0.2, 0) is 19.5 Å². The van der Waals surface area contributed by atoms with E-state index < -0.39 is 0 Å². The molecule has 0 aliphatic rings. The van der Waals surface area contributed by atoms with Crippen LogP contribution in [0.3, 0.4) is 0 Å². The fourth-order valence-corrected chi connectivity index (χ4v) is 4.37.